The average molecular weight is 355 g/mol. The number of aliphatic carboxylic acids is 1. The molecule has 0 amide bonds. The highest BCUT2D eigenvalue weighted by atomic mass is 16.6. The number of carbonyl (C=O) groups is 1. The van der Waals surface area contributed by atoms with E-state index in [1.165, 1.54) is 25.7 Å². The number of unbranched alkanes of at least 4 members (excludes halogenated alkanes) is 4. The molecule has 5 unspecified atom stereocenters. The monoisotopic (exact) mass is 355 g/mol. The first-order valence-corrected chi connectivity index (χ1v) is 9.79. The van der Waals surface area contributed by atoms with Crippen LogP contribution in [-0.4, -0.2) is 45.8 Å². The summed E-state index contributed by atoms with van der Waals surface area (Å²) in [6, 6.07) is 0. The van der Waals surface area contributed by atoms with Crippen molar-refractivity contribution >= 4 is 11.7 Å². The van der Waals surface area contributed by atoms with E-state index in [1.807, 2.05) is 0 Å². The van der Waals surface area contributed by atoms with Gasteiger partial charge in [-0.25, -0.2) is 4.79 Å². The van der Waals surface area contributed by atoms with Gasteiger partial charge in [0.05, 0.1) is 17.9 Å². The smallest absolute Gasteiger partial charge is 0.344 e. The molecule has 0 aromatic heterocycles. The van der Waals surface area contributed by atoms with Gasteiger partial charge in [0.1, 0.15) is 0 Å². The summed E-state index contributed by atoms with van der Waals surface area (Å²) in [5.74, 6) is -0.381. The number of nitrogens with zero attached hydrogens (tertiary/aromatic N) is 1. The quantitative estimate of drug-likeness (QED) is 0.369. The number of hydrogen-bond acceptors (Lipinski definition) is 5. The van der Waals surface area contributed by atoms with Gasteiger partial charge in [0.2, 0.25) is 6.61 Å². The molecule has 0 aromatic rings. The predicted octanol–water partition coefficient (Wildman–Crippen LogP) is 2.96. The maximum atomic E-state index is 10.4. The molecule has 0 spiro atoms. The first kappa shape index (κ1) is 20.2. The van der Waals surface area contributed by atoms with Crippen LogP contribution in [0.5, 0.6) is 0 Å². The fourth-order valence-electron chi connectivity index (χ4n) is 4.20. The molecule has 0 aliphatic heterocycles. The van der Waals surface area contributed by atoms with Crippen LogP contribution in [0.2, 0.25) is 0 Å². The third-order valence-corrected chi connectivity index (χ3v) is 5.75. The van der Waals surface area contributed by atoms with E-state index in [-0.39, 0.29) is 30.0 Å². The van der Waals surface area contributed by atoms with E-state index in [0.29, 0.717) is 6.42 Å². The first-order valence-electron chi connectivity index (χ1n) is 9.79. The highest BCUT2D eigenvalue weighted by molar-refractivity contribution is 5.93. The van der Waals surface area contributed by atoms with Crippen molar-refractivity contribution in [2.45, 2.75) is 83.3 Å². The number of aliphatic hydroxyl groups excluding tert-OH is 2. The Morgan fingerprint density at radius 3 is 2.76 bits per heavy atom. The van der Waals surface area contributed by atoms with Crippen molar-refractivity contribution in [3.8, 4) is 0 Å². The molecule has 2 saturated carbocycles. The maximum absolute atomic E-state index is 10.4. The van der Waals surface area contributed by atoms with E-state index in [2.05, 4.69) is 12.1 Å². The van der Waals surface area contributed by atoms with Crippen LogP contribution >= 0.6 is 0 Å². The third-order valence-electron chi connectivity index (χ3n) is 5.75. The molecule has 144 valence electrons. The second-order valence-electron chi connectivity index (χ2n) is 7.64. The van der Waals surface area contributed by atoms with Gasteiger partial charge in [-0.1, -0.05) is 44.2 Å². The van der Waals surface area contributed by atoms with E-state index < -0.39 is 12.6 Å². The topological polar surface area (TPSA) is 99.4 Å². The number of rotatable bonds is 12. The van der Waals surface area contributed by atoms with Gasteiger partial charge < -0.3 is 20.2 Å². The van der Waals surface area contributed by atoms with Crippen molar-refractivity contribution in [3.05, 3.63) is 0 Å². The Morgan fingerprint density at radius 2 is 2.04 bits per heavy atom. The molecule has 2 rings (SSSR count). The summed E-state index contributed by atoms with van der Waals surface area (Å²) < 4.78 is 0. The molecular formula is C19H33NO5. The molecular weight excluding hydrogens is 322 g/mol. The summed E-state index contributed by atoms with van der Waals surface area (Å²) in [4.78, 5) is 15.3. The van der Waals surface area contributed by atoms with Crippen LogP contribution in [0.15, 0.2) is 5.16 Å². The predicted molar refractivity (Wildman–Crippen MR) is 95.4 cm³/mol. The molecule has 0 saturated heterocycles. The minimum atomic E-state index is -1.03. The van der Waals surface area contributed by atoms with Gasteiger partial charge in [0.25, 0.3) is 0 Å². The van der Waals surface area contributed by atoms with Crippen molar-refractivity contribution in [2.24, 2.45) is 22.9 Å². The molecule has 0 bridgehead atoms. The fraction of sp³-hybridized carbons (Fsp3) is 0.895. The molecule has 2 aliphatic carbocycles. The van der Waals surface area contributed by atoms with Crippen LogP contribution in [0.3, 0.4) is 0 Å². The fourth-order valence-corrected chi connectivity index (χ4v) is 4.20. The number of carboxylic acid groups (broad SMARTS) is 1. The Labute approximate surface area is 150 Å². The van der Waals surface area contributed by atoms with E-state index >= 15 is 0 Å². The van der Waals surface area contributed by atoms with Crippen LogP contribution in [0.25, 0.3) is 0 Å². The summed E-state index contributed by atoms with van der Waals surface area (Å²) in [6.07, 6.45) is 9.43. The van der Waals surface area contributed by atoms with Crippen molar-refractivity contribution < 1.29 is 25.0 Å². The maximum Gasteiger partial charge on any atom is 0.344 e. The molecule has 0 aromatic carbocycles. The van der Waals surface area contributed by atoms with Crippen molar-refractivity contribution in [1.82, 2.24) is 0 Å². The SMILES string of the molecule is CCCCCCCC(O)CCC1CC2/C(=N\OCC(=O)O)CC2C1O. The zero-order chi connectivity index (χ0) is 18.2. The van der Waals surface area contributed by atoms with E-state index in [4.69, 9.17) is 9.94 Å². The van der Waals surface area contributed by atoms with E-state index in [0.717, 1.165) is 37.8 Å². The summed E-state index contributed by atoms with van der Waals surface area (Å²) in [5, 5.41) is 33.0. The zero-order valence-corrected chi connectivity index (χ0v) is 15.3. The highest BCUT2D eigenvalue weighted by Crippen LogP contribution is 2.49. The second-order valence-corrected chi connectivity index (χ2v) is 7.64. The Kier molecular flexibility index (Phi) is 8.16. The van der Waals surface area contributed by atoms with Crippen molar-refractivity contribution in [1.29, 1.82) is 0 Å². The van der Waals surface area contributed by atoms with E-state index in [9.17, 15) is 15.0 Å². The highest BCUT2D eigenvalue weighted by Gasteiger charge is 2.51. The van der Waals surface area contributed by atoms with Gasteiger partial charge in [0.15, 0.2) is 0 Å². The molecule has 6 heteroatoms. The molecule has 0 heterocycles. The molecule has 0 radical (unpaired) electrons. The lowest BCUT2D eigenvalue weighted by atomic mass is 9.73. The van der Waals surface area contributed by atoms with E-state index in [1.54, 1.807) is 0 Å². The van der Waals surface area contributed by atoms with Crippen LogP contribution < -0.4 is 0 Å². The van der Waals surface area contributed by atoms with Gasteiger partial charge in [-0.15, -0.1) is 0 Å². The Bertz CT molecular complexity index is 453. The number of oxime groups is 1. The number of aliphatic hydroxyl groups is 2. The Morgan fingerprint density at radius 1 is 1.28 bits per heavy atom. The van der Waals surface area contributed by atoms with Gasteiger partial charge in [-0.05, 0) is 43.9 Å². The standard InChI is InChI=1S/C19H33NO5/c1-2-3-4-5-6-7-14(21)9-8-13-10-15-16(19(13)24)11-17(15)20-25-12-18(22)23/h13-16,19,21,24H,2-12H2,1H3,(H,22,23)/b20-17-. The minimum Gasteiger partial charge on any atom is -0.479 e. The van der Waals surface area contributed by atoms with Gasteiger partial charge in [-0.2, -0.15) is 0 Å². The minimum absolute atomic E-state index is 0.205. The normalized spacial score (nSPS) is 30.8. The number of hydrogen-bond donors (Lipinski definition) is 3. The largest absolute Gasteiger partial charge is 0.479 e. The van der Waals surface area contributed by atoms with Crippen LogP contribution in [-0.2, 0) is 9.63 Å². The average Bonchev–Trinajstić information content (AvgIpc) is 2.80. The first-order chi connectivity index (χ1) is 12.0. The Hall–Kier alpha value is -1.14. The summed E-state index contributed by atoms with van der Waals surface area (Å²) >= 11 is 0. The summed E-state index contributed by atoms with van der Waals surface area (Å²) in [6.45, 7) is 1.78. The van der Waals surface area contributed by atoms with Gasteiger partial charge in [0, 0.05) is 5.92 Å². The lowest BCUT2D eigenvalue weighted by Gasteiger charge is -2.33. The lowest BCUT2D eigenvalue weighted by Crippen LogP contribution is -2.38. The molecule has 2 aliphatic rings. The van der Waals surface area contributed by atoms with Crippen LogP contribution in [0.4, 0.5) is 0 Å². The summed E-state index contributed by atoms with van der Waals surface area (Å²) in [7, 11) is 0. The number of carboxylic acids is 1. The summed E-state index contributed by atoms with van der Waals surface area (Å²) in [5.41, 5.74) is 0.879. The van der Waals surface area contributed by atoms with Gasteiger partial charge in [-0.3, -0.25) is 0 Å². The molecule has 3 N–H and O–H groups in total. The Balaban J connectivity index is 1.64. The zero-order valence-electron chi connectivity index (χ0n) is 15.3. The second kappa shape index (κ2) is 10.1. The van der Waals surface area contributed by atoms with Crippen molar-refractivity contribution in [3.63, 3.8) is 0 Å². The molecule has 25 heavy (non-hydrogen) atoms. The van der Waals surface area contributed by atoms with Crippen LogP contribution in [0, 0.1) is 17.8 Å². The molecule has 5 atom stereocenters. The lowest BCUT2D eigenvalue weighted by molar-refractivity contribution is -0.142. The molecule has 2 fully saturated rings. The van der Waals surface area contributed by atoms with Crippen LogP contribution in [0.1, 0.15) is 71.1 Å². The third kappa shape index (κ3) is 5.96. The molecule has 6 nitrogen and oxygen atoms in total. The van der Waals surface area contributed by atoms with Gasteiger partial charge >= 0.3 is 5.97 Å². The number of fused-ring (bicyclic) bond motifs is 1. The van der Waals surface area contributed by atoms with Crippen molar-refractivity contribution in [2.75, 3.05) is 6.61 Å².